The number of rotatable bonds is 5. The summed E-state index contributed by atoms with van der Waals surface area (Å²) in [5.41, 5.74) is -1.51. The molecule has 4 aromatic rings. The van der Waals surface area contributed by atoms with Gasteiger partial charge in [0.25, 0.3) is 11.1 Å². The fourth-order valence-electron chi connectivity index (χ4n) is 5.20. The molecule has 44 heavy (non-hydrogen) atoms. The van der Waals surface area contributed by atoms with E-state index in [1.165, 1.54) is 54.3 Å². The zero-order chi connectivity index (χ0) is 32.2. The lowest BCUT2D eigenvalue weighted by molar-refractivity contribution is -0.116. The third-order valence-electron chi connectivity index (χ3n) is 7.37. The number of carbonyl (C=O) groups excluding carboxylic acids is 2. The van der Waals surface area contributed by atoms with Gasteiger partial charge in [0.1, 0.15) is 22.6 Å². The molecule has 0 aliphatic heterocycles. The second-order valence-electron chi connectivity index (χ2n) is 12.0. The van der Waals surface area contributed by atoms with Crippen LogP contribution in [0.5, 0.6) is 0 Å². The molecule has 2 heterocycles. The van der Waals surface area contributed by atoms with Crippen LogP contribution in [0.4, 0.5) is 26.4 Å². The Hall–Kier alpha value is -5.00. The molecule has 0 saturated heterocycles. The lowest BCUT2D eigenvalue weighted by Crippen LogP contribution is -2.41. The number of carbonyl (C=O) groups is 2. The maximum absolute atomic E-state index is 15.0. The van der Waals surface area contributed by atoms with Crippen molar-refractivity contribution in [1.82, 2.24) is 13.7 Å². The van der Waals surface area contributed by atoms with Crippen molar-refractivity contribution in [1.29, 1.82) is 0 Å². The van der Waals surface area contributed by atoms with Gasteiger partial charge in [-0.1, -0.05) is 12.1 Å². The maximum atomic E-state index is 15.0. The number of benzene rings is 2. The topological polar surface area (TPSA) is 125 Å². The van der Waals surface area contributed by atoms with Gasteiger partial charge in [-0.2, -0.15) is 0 Å². The first kappa shape index (κ1) is 30.5. The average Bonchev–Trinajstić information content (AvgIpc) is 3.75. The molecule has 0 bridgehead atoms. The number of hydrogen-bond acceptors (Lipinski definition) is 7. The average molecular weight is 604 g/mol. The highest BCUT2D eigenvalue weighted by Gasteiger charge is 2.32. The van der Waals surface area contributed by atoms with E-state index in [9.17, 15) is 28.4 Å². The number of ether oxygens (including phenoxy) is 1. The van der Waals surface area contributed by atoms with E-state index in [2.05, 4.69) is 5.32 Å². The smallest absolute Gasteiger partial charge is 0.421 e. The predicted molar refractivity (Wildman–Crippen MR) is 166 cm³/mol. The molecule has 1 aliphatic rings. The van der Waals surface area contributed by atoms with Crippen molar-refractivity contribution >= 4 is 40.1 Å². The number of fused-ring (bicyclic) bond motifs is 1. The van der Waals surface area contributed by atoms with Crippen LogP contribution in [0.3, 0.4) is 0 Å². The minimum atomic E-state index is -0.904. The van der Waals surface area contributed by atoms with E-state index < -0.39 is 40.2 Å². The number of hydrogen-bond donors (Lipinski definition) is 1. The van der Waals surface area contributed by atoms with Crippen molar-refractivity contribution < 1.29 is 18.7 Å². The van der Waals surface area contributed by atoms with Crippen LogP contribution in [-0.4, -0.2) is 31.3 Å². The molecule has 1 aliphatic carbocycles. The van der Waals surface area contributed by atoms with Gasteiger partial charge < -0.3 is 10.1 Å². The van der Waals surface area contributed by atoms with E-state index in [1.54, 1.807) is 45.9 Å². The number of pyridine rings is 1. The standard InChI is InChI=1S/C32H34FN5O6/c1-17-11-14-24(23(33)15-17)34-27-25-26(18(2)28(40)35(27)7)37(30(42)38(29(25)41)20-12-13-20)22-10-8-9-21(16-22)36(19(3)39)31(43)44-32(4,5)6/h8-11,14-16,20,34H,12-13H2,1-7H3. The molecule has 2 amide bonds. The van der Waals surface area contributed by atoms with Gasteiger partial charge >= 0.3 is 11.8 Å². The lowest BCUT2D eigenvalue weighted by Gasteiger charge is -2.26. The number of nitrogens with zero attached hydrogens (tertiary/aromatic N) is 4. The summed E-state index contributed by atoms with van der Waals surface area (Å²) in [5.74, 6) is -1.18. The number of halogens is 1. The molecule has 1 fully saturated rings. The Kier molecular flexibility index (Phi) is 7.56. The molecule has 0 unspecified atom stereocenters. The summed E-state index contributed by atoms with van der Waals surface area (Å²) < 4.78 is 24.0. The molecule has 230 valence electrons. The van der Waals surface area contributed by atoms with Crippen molar-refractivity contribution in [3.05, 3.63) is 90.6 Å². The molecule has 0 radical (unpaired) electrons. The van der Waals surface area contributed by atoms with Crippen molar-refractivity contribution in [2.45, 2.75) is 66.0 Å². The van der Waals surface area contributed by atoms with Crippen molar-refractivity contribution in [2.75, 3.05) is 10.2 Å². The van der Waals surface area contributed by atoms with Crippen LogP contribution in [0.15, 0.2) is 56.8 Å². The summed E-state index contributed by atoms with van der Waals surface area (Å²) in [4.78, 5) is 68.2. The van der Waals surface area contributed by atoms with Crippen molar-refractivity contribution in [2.24, 2.45) is 7.05 Å². The SMILES string of the molecule is CC(=O)N(C(=O)OC(C)(C)C)c1cccc(-n2c(=O)n(C3CC3)c(=O)c3c(Nc4ccc(C)cc4F)n(C)c(=O)c(C)c32)c1. The third-order valence-corrected chi connectivity index (χ3v) is 7.37. The van der Waals surface area contributed by atoms with Gasteiger partial charge in [0.05, 0.1) is 22.6 Å². The molecule has 2 aromatic heterocycles. The van der Waals surface area contributed by atoms with Gasteiger partial charge in [-0.15, -0.1) is 0 Å². The van der Waals surface area contributed by atoms with Gasteiger partial charge in [0.2, 0.25) is 5.91 Å². The highest BCUT2D eigenvalue weighted by molar-refractivity contribution is 6.11. The van der Waals surface area contributed by atoms with Gasteiger partial charge in [-0.3, -0.25) is 28.1 Å². The van der Waals surface area contributed by atoms with E-state index in [4.69, 9.17) is 4.74 Å². The fraction of sp³-hybridized carbons (Fsp3) is 0.344. The Morgan fingerprint density at radius 2 is 1.70 bits per heavy atom. The minimum Gasteiger partial charge on any atom is -0.443 e. The summed E-state index contributed by atoms with van der Waals surface area (Å²) in [7, 11) is 1.46. The van der Waals surface area contributed by atoms with Gasteiger partial charge in [-0.05, 0) is 83.4 Å². The van der Waals surface area contributed by atoms with Crippen molar-refractivity contribution in [3.8, 4) is 5.69 Å². The largest absolute Gasteiger partial charge is 0.443 e. The molecule has 5 rings (SSSR count). The number of nitrogens with one attached hydrogen (secondary N) is 1. The second-order valence-corrected chi connectivity index (χ2v) is 12.0. The van der Waals surface area contributed by atoms with E-state index in [0.29, 0.717) is 18.4 Å². The van der Waals surface area contributed by atoms with E-state index in [-0.39, 0.29) is 45.4 Å². The normalized spacial score (nSPS) is 13.2. The highest BCUT2D eigenvalue weighted by Crippen LogP contribution is 2.34. The molecule has 1 saturated carbocycles. The monoisotopic (exact) mass is 603 g/mol. The van der Waals surface area contributed by atoms with Crippen LogP contribution in [-0.2, 0) is 16.6 Å². The van der Waals surface area contributed by atoms with Crippen LogP contribution in [0.25, 0.3) is 16.6 Å². The Morgan fingerprint density at radius 1 is 1.02 bits per heavy atom. The number of aromatic nitrogens is 3. The first-order valence-corrected chi connectivity index (χ1v) is 14.2. The fourth-order valence-corrected chi connectivity index (χ4v) is 5.20. The summed E-state index contributed by atoms with van der Waals surface area (Å²) in [6, 6.07) is 10.2. The molecule has 11 nitrogen and oxygen atoms in total. The Labute approximate surface area is 252 Å². The molecular formula is C32H34FN5O6. The van der Waals surface area contributed by atoms with E-state index in [0.717, 1.165) is 9.47 Å². The summed E-state index contributed by atoms with van der Waals surface area (Å²) in [6.07, 6.45) is 0.314. The zero-order valence-electron chi connectivity index (χ0n) is 25.6. The highest BCUT2D eigenvalue weighted by atomic mass is 19.1. The number of imide groups is 1. The molecule has 0 spiro atoms. The Balaban J connectivity index is 1.83. The predicted octanol–water partition coefficient (Wildman–Crippen LogP) is 4.97. The maximum Gasteiger partial charge on any atom is 0.421 e. The zero-order valence-corrected chi connectivity index (χ0v) is 25.6. The minimum absolute atomic E-state index is 0.0112. The van der Waals surface area contributed by atoms with Crippen LogP contribution < -0.4 is 27.0 Å². The van der Waals surface area contributed by atoms with E-state index >= 15 is 0 Å². The van der Waals surface area contributed by atoms with Gasteiger partial charge in [0.15, 0.2) is 0 Å². The summed E-state index contributed by atoms with van der Waals surface area (Å²) in [6.45, 7) is 9.46. The van der Waals surface area contributed by atoms with Crippen molar-refractivity contribution in [3.63, 3.8) is 0 Å². The number of anilines is 3. The number of amides is 2. The molecule has 0 atom stereocenters. The molecule has 2 aromatic carbocycles. The molecule has 12 heteroatoms. The lowest BCUT2D eigenvalue weighted by atomic mass is 10.1. The van der Waals surface area contributed by atoms with E-state index in [1.807, 2.05) is 0 Å². The van der Waals surface area contributed by atoms with Crippen LogP contribution in [0.2, 0.25) is 0 Å². The quantitative estimate of drug-likeness (QED) is 0.341. The summed E-state index contributed by atoms with van der Waals surface area (Å²) >= 11 is 0. The molecular weight excluding hydrogens is 569 g/mol. The molecule has 1 N–H and O–H groups in total. The summed E-state index contributed by atoms with van der Waals surface area (Å²) in [5, 5.41) is 2.94. The first-order valence-electron chi connectivity index (χ1n) is 14.2. The van der Waals surface area contributed by atoms with Gasteiger partial charge in [-0.25, -0.2) is 18.9 Å². The third kappa shape index (κ3) is 5.43. The Morgan fingerprint density at radius 3 is 2.30 bits per heavy atom. The van der Waals surface area contributed by atoms with Gasteiger partial charge in [0, 0.05) is 25.6 Å². The van der Waals surface area contributed by atoms with Crippen LogP contribution >= 0.6 is 0 Å². The van der Waals surface area contributed by atoms with Crippen LogP contribution in [0.1, 0.15) is 57.7 Å². The second kappa shape index (κ2) is 10.9. The first-order chi connectivity index (χ1) is 20.6. The number of aryl methyl sites for hydroxylation is 2. The van der Waals surface area contributed by atoms with Crippen LogP contribution in [0, 0.1) is 19.7 Å². The Bertz CT molecular complexity index is 2030.